The Hall–Kier alpha value is -0.940. The van der Waals surface area contributed by atoms with E-state index in [2.05, 4.69) is 0 Å². The average molecular weight is 268 g/mol. The van der Waals surface area contributed by atoms with Crippen LogP contribution in [-0.4, -0.2) is 36.1 Å². The number of hydrogen-bond donors (Lipinski definition) is 2. The lowest BCUT2D eigenvalue weighted by molar-refractivity contribution is -0.140. The smallest absolute Gasteiger partial charge is 0.183 e. The summed E-state index contributed by atoms with van der Waals surface area (Å²) in [6, 6.07) is 7.83. The van der Waals surface area contributed by atoms with E-state index in [1.807, 2.05) is 38.1 Å². The van der Waals surface area contributed by atoms with Gasteiger partial charge in [0, 0.05) is 25.4 Å². The standard InChI is InChI=1S/C15H24O4/c1-3-18-15(19-4-2)13-7-5-12(6-8-13)11-14(17)9-10-16/h5-8,14-17H,3-4,9-11H2,1-2H3. The van der Waals surface area contributed by atoms with Crippen LogP contribution in [0.25, 0.3) is 0 Å². The van der Waals surface area contributed by atoms with E-state index in [0.717, 1.165) is 11.1 Å². The number of aliphatic hydroxyl groups excluding tert-OH is 2. The molecule has 0 amide bonds. The molecule has 19 heavy (non-hydrogen) atoms. The van der Waals surface area contributed by atoms with E-state index < -0.39 is 6.10 Å². The van der Waals surface area contributed by atoms with Crippen molar-refractivity contribution in [2.75, 3.05) is 19.8 Å². The molecular weight excluding hydrogens is 244 g/mol. The molecule has 4 heteroatoms. The van der Waals surface area contributed by atoms with Gasteiger partial charge in [-0.15, -0.1) is 0 Å². The zero-order valence-electron chi connectivity index (χ0n) is 11.7. The molecule has 0 spiro atoms. The fraction of sp³-hybridized carbons (Fsp3) is 0.600. The molecule has 1 aromatic rings. The Morgan fingerprint density at radius 2 is 1.63 bits per heavy atom. The highest BCUT2D eigenvalue weighted by Crippen LogP contribution is 2.20. The number of ether oxygens (including phenoxy) is 2. The molecular formula is C15H24O4. The van der Waals surface area contributed by atoms with Gasteiger partial charge in [-0.05, 0) is 32.3 Å². The first-order valence-corrected chi connectivity index (χ1v) is 6.82. The van der Waals surface area contributed by atoms with Crippen molar-refractivity contribution in [3.05, 3.63) is 35.4 Å². The molecule has 108 valence electrons. The van der Waals surface area contributed by atoms with Gasteiger partial charge in [0.25, 0.3) is 0 Å². The van der Waals surface area contributed by atoms with Crippen LogP contribution in [0.4, 0.5) is 0 Å². The molecule has 2 N–H and O–H groups in total. The Balaban J connectivity index is 2.63. The maximum absolute atomic E-state index is 9.64. The van der Waals surface area contributed by atoms with Crippen molar-refractivity contribution in [2.24, 2.45) is 0 Å². The van der Waals surface area contributed by atoms with Gasteiger partial charge >= 0.3 is 0 Å². The minimum Gasteiger partial charge on any atom is -0.396 e. The lowest BCUT2D eigenvalue weighted by Gasteiger charge is -2.17. The third kappa shape index (κ3) is 5.70. The van der Waals surface area contributed by atoms with Crippen molar-refractivity contribution < 1.29 is 19.7 Å². The van der Waals surface area contributed by atoms with Crippen molar-refractivity contribution in [3.63, 3.8) is 0 Å². The van der Waals surface area contributed by atoms with Crippen molar-refractivity contribution in [2.45, 2.75) is 39.1 Å². The first-order valence-electron chi connectivity index (χ1n) is 6.82. The highest BCUT2D eigenvalue weighted by molar-refractivity contribution is 5.24. The molecule has 0 aliphatic carbocycles. The van der Waals surface area contributed by atoms with Crippen molar-refractivity contribution in [1.82, 2.24) is 0 Å². The maximum Gasteiger partial charge on any atom is 0.183 e. The van der Waals surface area contributed by atoms with E-state index in [9.17, 15) is 5.11 Å². The van der Waals surface area contributed by atoms with Crippen LogP contribution in [0.1, 0.15) is 37.7 Å². The van der Waals surface area contributed by atoms with Gasteiger partial charge in [0.1, 0.15) is 0 Å². The van der Waals surface area contributed by atoms with Crippen LogP contribution < -0.4 is 0 Å². The van der Waals surface area contributed by atoms with Gasteiger partial charge in [0.2, 0.25) is 0 Å². The Morgan fingerprint density at radius 3 is 2.11 bits per heavy atom. The second kappa shape index (κ2) is 9.04. The lowest BCUT2D eigenvalue weighted by Crippen LogP contribution is -2.12. The minimum absolute atomic E-state index is 0.00992. The van der Waals surface area contributed by atoms with E-state index in [1.165, 1.54) is 0 Å². The third-order valence-electron chi connectivity index (χ3n) is 2.82. The van der Waals surface area contributed by atoms with Crippen LogP contribution in [0.2, 0.25) is 0 Å². The fourth-order valence-electron chi connectivity index (χ4n) is 1.88. The normalized spacial score (nSPS) is 12.9. The molecule has 0 saturated carbocycles. The summed E-state index contributed by atoms with van der Waals surface area (Å²) in [6.07, 6.45) is 0.133. The zero-order chi connectivity index (χ0) is 14.1. The number of rotatable bonds is 9. The van der Waals surface area contributed by atoms with E-state index in [0.29, 0.717) is 26.1 Å². The predicted octanol–water partition coefficient (Wildman–Crippen LogP) is 2.04. The Labute approximate surface area is 115 Å². The summed E-state index contributed by atoms with van der Waals surface area (Å²) in [5.41, 5.74) is 2.01. The second-order valence-electron chi connectivity index (χ2n) is 4.35. The molecule has 0 aromatic heterocycles. The van der Waals surface area contributed by atoms with Crippen molar-refractivity contribution >= 4 is 0 Å². The van der Waals surface area contributed by atoms with Crippen LogP contribution in [-0.2, 0) is 15.9 Å². The molecule has 0 bridgehead atoms. The van der Waals surface area contributed by atoms with Gasteiger partial charge in [0.15, 0.2) is 6.29 Å². The quantitative estimate of drug-likeness (QED) is 0.673. The SMILES string of the molecule is CCOC(OCC)c1ccc(CC(O)CCO)cc1. The van der Waals surface area contributed by atoms with Gasteiger partial charge < -0.3 is 19.7 Å². The summed E-state index contributed by atoms with van der Waals surface area (Å²) in [5, 5.41) is 18.4. The lowest BCUT2D eigenvalue weighted by atomic mass is 10.0. The first kappa shape index (κ1) is 16.1. The average Bonchev–Trinajstić information content (AvgIpc) is 2.40. The van der Waals surface area contributed by atoms with Crippen molar-refractivity contribution in [1.29, 1.82) is 0 Å². The Bertz CT molecular complexity index is 331. The molecule has 0 heterocycles. The topological polar surface area (TPSA) is 58.9 Å². The van der Waals surface area contributed by atoms with Gasteiger partial charge in [-0.1, -0.05) is 24.3 Å². The molecule has 0 fully saturated rings. The largest absolute Gasteiger partial charge is 0.396 e. The molecule has 0 aliphatic rings. The molecule has 1 rings (SSSR count). The molecule has 0 aliphatic heterocycles. The van der Waals surface area contributed by atoms with Crippen LogP contribution in [0, 0.1) is 0 Å². The van der Waals surface area contributed by atoms with E-state index in [4.69, 9.17) is 14.6 Å². The van der Waals surface area contributed by atoms with Gasteiger partial charge in [-0.2, -0.15) is 0 Å². The number of aliphatic hydroxyl groups is 2. The van der Waals surface area contributed by atoms with Crippen LogP contribution in [0.5, 0.6) is 0 Å². The van der Waals surface area contributed by atoms with Crippen LogP contribution in [0.3, 0.4) is 0 Å². The van der Waals surface area contributed by atoms with E-state index in [1.54, 1.807) is 0 Å². The summed E-state index contributed by atoms with van der Waals surface area (Å²) >= 11 is 0. The Kier molecular flexibility index (Phi) is 7.67. The van der Waals surface area contributed by atoms with Crippen LogP contribution in [0.15, 0.2) is 24.3 Å². The van der Waals surface area contributed by atoms with E-state index >= 15 is 0 Å². The monoisotopic (exact) mass is 268 g/mol. The van der Waals surface area contributed by atoms with Crippen molar-refractivity contribution in [3.8, 4) is 0 Å². The van der Waals surface area contributed by atoms with Gasteiger partial charge in [-0.25, -0.2) is 0 Å². The fourth-order valence-corrected chi connectivity index (χ4v) is 1.88. The molecule has 0 saturated heterocycles. The minimum atomic E-state index is -0.495. The molecule has 1 unspecified atom stereocenters. The number of hydrogen-bond acceptors (Lipinski definition) is 4. The second-order valence-corrected chi connectivity index (χ2v) is 4.35. The molecule has 1 atom stereocenters. The van der Waals surface area contributed by atoms with E-state index in [-0.39, 0.29) is 12.9 Å². The molecule has 1 aromatic carbocycles. The highest BCUT2D eigenvalue weighted by atomic mass is 16.7. The summed E-state index contributed by atoms with van der Waals surface area (Å²) in [4.78, 5) is 0. The summed E-state index contributed by atoms with van der Waals surface area (Å²) < 4.78 is 11.0. The summed E-state index contributed by atoms with van der Waals surface area (Å²) in [5.74, 6) is 0. The maximum atomic E-state index is 9.64. The number of benzene rings is 1. The summed E-state index contributed by atoms with van der Waals surface area (Å²) in [6.45, 7) is 5.08. The summed E-state index contributed by atoms with van der Waals surface area (Å²) in [7, 11) is 0. The first-order chi connectivity index (χ1) is 9.21. The molecule has 0 radical (unpaired) electrons. The third-order valence-corrected chi connectivity index (χ3v) is 2.82. The predicted molar refractivity (Wildman–Crippen MR) is 73.8 cm³/mol. The zero-order valence-corrected chi connectivity index (χ0v) is 11.7. The highest BCUT2D eigenvalue weighted by Gasteiger charge is 2.11. The van der Waals surface area contributed by atoms with Crippen LogP contribution >= 0.6 is 0 Å². The van der Waals surface area contributed by atoms with Gasteiger partial charge in [0.05, 0.1) is 6.10 Å². The molecule has 4 nitrogen and oxygen atoms in total. The van der Waals surface area contributed by atoms with Gasteiger partial charge in [-0.3, -0.25) is 0 Å². The Morgan fingerprint density at radius 1 is 1.05 bits per heavy atom.